The molecule has 1 aliphatic heterocycles. The second kappa shape index (κ2) is 3.90. The molecule has 3 rings (SSSR count). The summed E-state index contributed by atoms with van der Waals surface area (Å²) in [6, 6.07) is 4.10. The Morgan fingerprint density at radius 2 is 2.12 bits per heavy atom. The quantitative estimate of drug-likeness (QED) is 0.737. The number of H-pyrrole nitrogens is 1. The highest BCUT2D eigenvalue weighted by Crippen LogP contribution is 2.29. The van der Waals surface area contributed by atoms with Gasteiger partial charge in [0.1, 0.15) is 0 Å². The highest BCUT2D eigenvalue weighted by atomic mass is 32.2. The maximum absolute atomic E-state index is 6.09. The molecule has 4 nitrogen and oxygen atoms in total. The summed E-state index contributed by atoms with van der Waals surface area (Å²) in [5.74, 6) is 2.36. The van der Waals surface area contributed by atoms with Gasteiger partial charge in [0.05, 0.1) is 23.1 Å². The lowest BCUT2D eigenvalue weighted by atomic mass is 10.2. The van der Waals surface area contributed by atoms with E-state index in [4.69, 9.17) is 5.73 Å². The molecule has 2 aromatic rings. The van der Waals surface area contributed by atoms with Crippen LogP contribution in [-0.2, 0) is 0 Å². The minimum absolute atomic E-state index is 0.848. The van der Waals surface area contributed by atoms with E-state index in [1.165, 1.54) is 11.5 Å². The molecule has 0 aliphatic carbocycles. The van der Waals surface area contributed by atoms with Crippen LogP contribution in [0.15, 0.2) is 18.3 Å². The molecule has 5 heteroatoms. The summed E-state index contributed by atoms with van der Waals surface area (Å²) in [5, 5.41) is 8.09. The van der Waals surface area contributed by atoms with Crippen LogP contribution in [0.3, 0.4) is 0 Å². The second-order valence-corrected chi connectivity index (χ2v) is 5.19. The molecule has 84 valence electrons. The maximum atomic E-state index is 6.09. The predicted molar refractivity (Wildman–Crippen MR) is 70.0 cm³/mol. The summed E-state index contributed by atoms with van der Waals surface area (Å²) < 4.78 is 0. The van der Waals surface area contributed by atoms with E-state index in [1.54, 1.807) is 0 Å². The van der Waals surface area contributed by atoms with Crippen molar-refractivity contribution in [1.82, 2.24) is 10.2 Å². The lowest BCUT2D eigenvalue weighted by Gasteiger charge is -2.29. The summed E-state index contributed by atoms with van der Waals surface area (Å²) in [6.45, 7) is 2.16. The van der Waals surface area contributed by atoms with Crippen molar-refractivity contribution in [2.24, 2.45) is 0 Å². The van der Waals surface area contributed by atoms with Crippen molar-refractivity contribution in [2.75, 3.05) is 35.2 Å². The van der Waals surface area contributed by atoms with E-state index >= 15 is 0 Å². The van der Waals surface area contributed by atoms with Gasteiger partial charge in [-0.25, -0.2) is 0 Å². The van der Waals surface area contributed by atoms with Crippen LogP contribution in [0, 0.1) is 0 Å². The van der Waals surface area contributed by atoms with Gasteiger partial charge in [-0.15, -0.1) is 0 Å². The van der Waals surface area contributed by atoms with E-state index in [0.717, 1.165) is 35.4 Å². The fourth-order valence-corrected chi connectivity index (χ4v) is 2.98. The zero-order valence-electron chi connectivity index (χ0n) is 8.94. The van der Waals surface area contributed by atoms with Gasteiger partial charge >= 0.3 is 0 Å². The third-order valence-corrected chi connectivity index (χ3v) is 3.88. The number of hydrogen-bond acceptors (Lipinski definition) is 4. The fourth-order valence-electron chi connectivity index (χ4n) is 2.08. The average Bonchev–Trinajstić information content (AvgIpc) is 2.76. The van der Waals surface area contributed by atoms with Crippen LogP contribution >= 0.6 is 11.8 Å². The molecule has 1 aliphatic rings. The van der Waals surface area contributed by atoms with E-state index in [9.17, 15) is 0 Å². The lowest BCUT2D eigenvalue weighted by Crippen LogP contribution is -2.32. The van der Waals surface area contributed by atoms with Crippen LogP contribution in [0.5, 0.6) is 0 Å². The first-order chi connectivity index (χ1) is 7.84. The summed E-state index contributed by atoms with van der Waals surface area (Å²) >= 11 is 2.00. The van der Waals surface area contributed by atoms with Crippen LogP contribution < -0.4 is 10.6 Å². The summed E-state index contributed by atoms with van der Waals surface area (Å²) in [6.07, 6.45) is 1.81. The number of hydrogen-bond donors (Lipinski definition) is 2. The smallest absolute Gasteiger partial charge is 0.0672 e. The van der Waals surface area contributed by atoms with Gasteiger partial charge in [0.25, 0.3) is 0 Å². The molecular formula is C11H14N4S. The predicted octanol–water partition coefficient (Wildman–Crippen LogP) is 1.70. The number of fused-ring (bicyclic) bond motifs is 1. The molecule has 0 atom stereocenters. The molecule has 0 bridgehead atoms. The Labute approximate surface area is 98.2 Å². The third-order valence-electron chi connectivity index (χ3n) is 2.94. The molecule has 0 amide bonds. The number of thioether (sulfide) groups is 1. The first-order valence-electron chi connectivity index (χ1n) is 5.40. The summed E-state index contributed by atoms with van der Waals surface area (Å²) in [4.78, 5) is 2.35. The molecule has 16 heavy (non-hydrogen) atoms. The first kappa shape index (κ1) is 9.84. The fraction of sp³-hybridized carbons (Fsp3) is 0.364. The molecule has 1 aromatic heterocycles. The number of rotatable bonds is 1. The van der Waals surface area contributed by atoms with Gasteiger partial charge < -0.3 is 10.6 Å². The Hall–Kier alpha value is -1.36. The van der Waals surface area contributed by atoms with Crippen LogP contribution in [0.25, 0.3) is 10.9 Å². The van der Waals surface area contributed by atoms with Crippen LogP contribution in [0.4, 0.5) is 11.4 Å². The van der Waals surface area contributed by atoms with E-state index in [-0.39, 0.29) is 0 Å². The Morgan fingerprint density at radius 3 is 2.94 bits per heavy atom. The van der Waals surface area contributed by atoms with Gasteiger partial charge in [-0.2, -0.15) is 16.9 Å². The molecule has 0 unspecified atom stereocenters. The van der Waals surface area contributed by atoms with Gasteiger partial charge in [-0.1, -0.05) is 0 Å². The van der Waals surface area contributed by atoms with Crippen molar-refractivity contribution < 1.29 is 0 Å². The maximum Gasteiger partial charge on any atom is 0.0672 e. The zero-order valence-corrected chi connectivity index (χ0v) is 9.76. The standard InChI is InChI=1S/C11H14N4S/c12-9-5-8-7-13-14-10(8)6-11(9)15-1-3-16-4-2-15/h5-7H,1-4,12H2,(H,13,14). The highest BCUT2D eigenvalue weighted by Gasteiger charge is 2.14. The minimum atomic E-state index is 0.848. The van der Waals surface area contributed by atoms with E-state index in [0.29, 0.717) is 0 Å². The Balaban J connectivity index is 2.03. The SMILES string of the molecule is Nc1cc2cn[nH]c2cc1N1CCSCC1. The van der Waals surface area contributed by atoms with Crippen molar-refractivity contribution in [3.05, 3.63) is 18.3 Å². The second-order valence-electron chi connectivity index (χ2n) is 3.97. The number of nitrogen functional groups attached to an aromatic ring is 1. The number of nitrogens with one attached hydrogen (secondary N) is 1. The van der Waals surface area contributed by atoms with Crippen molar-refractivity contribution in [3.63, 3.8) is 0 Å². The topological polar surface area (TPSA) is 57.9 Å². The lowest BCUT2D eigenvalue weighted by molar-refractivity contribution is 0.861. The van der Waals surface area contributed by atoms with Gasteiger partial charge in [0, 0.05) is 30.0 Å². The molecule has 1 fully saturated rings. The van der Waals surface area contributed by atoms with Gasteiger partial charge in [-0.3, -0.25) is 5.10 Å². The molecule has 3 N–H and O–H groups in total. The number of nitrogens with two attached hydrogens (primary N) is 1. The Morgan fingerprint density at radius 1 is 1.31 bits per heavy atom. The average molecular weight is 234 g/mol. The van der Waals surface area contributed by atoms with Crippen molar-refractivity contribution in [3.8, 4) is 0 Å². The number of aromatic nitrogens is 2. The van der Waals surface area contributed by atoms with Crippen molar-refractivity contribution in [2.45, 2.75) is 0 Å². The van der Waals surface area contributed by atoms with Crippen LogP contribution in [0.1, 0.15) is 0 Å². The van der Waals surface area contributed by atoms with Crippen molar-refractivity contribution >= 4 is 34.0 Å². The first-order valence-corrected chi connectivity index (χ1v) is 6.55. The molecule has 1 saturated heterocycles. The highest BCUT2D eigenvalue weighted by molar-refractivity contribution is 7.99. The molecule has 0 spiro atoms. The molecule has 1 aromatic carbocycles. The number of nitrogens with zero attached hydrogens (tertiary/aromatic N) is 2. The molecule has 0 radical (unpaired) electrons. The van der Waals surface area contributed by atoms with Gasteiger partial charge in [0.15, 0.2) is 0 Å². The molecule has 0 saturated carbocycles. The monoisotopic (exact) mass is 234 g/mol. The van der Waals surface area contributed by atoms with Gasteiger partial charge in [0.2, 0.25) is 0 Å². The van der Waals surface area contributed by atoms with Crippen molar-refractivity contribution in [1.29, 1.82) is 0 Å². The summed E-state index contributed by atoms with van der Waals surface area (Å²) in [5.41, 5.74) is 9.13. The zero-order chi connectivity index (χ0) is 11.0. The third kappa shape index (κ3) is 1.61. The van der Waals surface area contributed by atoms with E-state index in [2.05, 4.69) is 21.2 Å². The van der Waals surface area contributed by atoms with E-state index in [1.807, 2.05) is 24.0 Å². The van der Waals surface area contributed by atoms with Crippen LogP contribution in [-0.4, -0.2) is 34.8 Å². The minimum Gasteiger partial charge on any atom is -0.397 e. The normalized spacial score (nSPS) is 16.9. The molecule has 2 heterocycles. The van der Waals surface area contributed by atoms with Crippen LogP contribution in [0.2, 0.25) is 0 Å². The Bertz CT molecular complexity index is 502. The largest absolute Gasteiger partial charge is 0.397 e. The Kier molecular flexibility index (Phi) is 2.40. The number of anilines is 2. The summed E-state index contributed by atoms with van der Waals surface area (Å²) in [7, 11) is 0. The number of aromatic amines is 1. The molecular weight excluding hydrogens is 220 g/mol. The van der Waals surface area contributed by atoms with Gasteiger partial charge in [-0.05, 0) is 12.1 Å². The van der Waals surface area contributed by atoms with E-state index < -0.39 is 0 Å². The number of benzene rings is 1.